The highest BCUT2D eigenvalue weighted by atomic mass is 19.1. The van der Waals surface area contributed by atoms with E-state index in [-0.39, 0.29) is 5.82 Å². The van der Waals surface area contributed by atoms with E-state index >= 15 is 0 Å². The number of piperazine rings is 1. The third kappa shape index (κ3) is 2.96. The first-order valence-electron chi connectivity index (χ1n) is 7.73. The molecule has 1 saturated heterocycles. The summed E-state index contributed by atoms with van der Waals surface area (Å²) in [5.74, 6) is 1.15. The minimum atomic E-state index is -0.157. The predicted octanol–water partition coefficient (Wildman–Crippen LogP) is 2.06. The molecule has 1 aromatic carbocycles. The molecule has 0 radical (unpaired) electrons. The Labute approximate surface area is 125 Å². The van der Waals surface area contributed by atoms with Crippen LogP contribution in [0.2, 0.25) is 0 Å². The number of guanidine groups is 1. The lowest BCUT2D eigenvalue weighted by molar-refractivity contribution is 0.278. The normalized spacial score (nSPS) is 26.7. The Kier molecular flexibility index (Phi) is 3.99. The van der Waals surface area contributed by atoms with Gasteiger partial charge in [0.1, 0.15) is 5.82 Å². The highest BCUT2D eigenvalue weighted by Gasteiger charge is 2.27. The SMILES string of the molecule is CC1CCC1N=C(N)N1CCN(c2ccccc2F)CC1. The monoisotopic (exact) mass is 290 g/mol. The van der Waals surface area contributed by atoms with Crippen LogP contribution in [0.1, 0.15) is 19.8 Å². The van der Waals surface area contributed by atoms with Crippen LogP contribution >= 0.6 is 0 Å². The number of hydrogen-bond donors (Lipinski definition) is 1. The van der Waals surface area contributed by atoms with Gasteiger partial charge < -0.3 is 15.5 Å². The Morgan fingerprint density at radius 1 is 1.19 bits per heavy atom. The van der Waals surface area contributed by atoms with E-state index in [0.29, 0.717) is 23.6 Å². The predicted molar refractivity (Wildman–Crippen MR) is 84.0 cm³/mol. The van der Waals surface area contributed by atoms with Crippen molar-refractivity contribution in [3.63, 3.8) is 0 Å². The van der Waals surface area contributed by atoms with Gasteiger partial charge in [-0.25, -0.2) is 9.38 Å². The summed E-state index contributed by atoms with van der Waals surface area (Å²) in [6.07, 6.45) is 2.40. The van der Waals surface area contributed by atoms with Gasteiger partial charge in [-0.05, 0) is 30.9 Å². The molecular formula is C16H23FN4. The van der Waals surface area contributed by atoms with Crippen molar-refractivity contribution in [3.05, 3.63) is 30.1 Å². The highest BCUT2D eigenvalue weighted by Crippen LogP contribution is 2.29. The molecule has 0 bridgehead atoms. The Morgan fingerprint density at radius 2 is 1.90 bits per heavy atom. The summed E-state index contributed by atoms with van der Waals surface area (Å²) < 4.78 is 13.8. The summed E-state index contributed by atoms with van der Waals surface area (Å²) in [4.78, 5) is 8.82. The number of hydrogen-bond acceptors (Lipinski definition) is 2. The fraction of sp³-hybridized carbons (Fsp3) is 0.562. The minimum Gasteiger partial charge on any atom is -0.370 e. The number of halogens is 1. The van der Waals surface area contributed by atoms with Crippen LogP contribution in [-0.4, -0.2) is 43.1 Å². The van der Waals surface area contributed by atoms with Gasteiger partial charge >= 0.3 is 0 Å². The molecule has 0 amide bonds. The number of nitrogens with two attached hydrogens (primary N) is 1. The zero-order chi connectivity index (χ0) is 14.8. The average molecular weight is 290 g/mol. The van der Waals surface area contributed by atoms with E-state index in [4.69, 9.17) is 5.73 Å². The number of nitrogens with zero attached hydrogens (tertiary/aromatic N) is 3. The fourth-order valence-electron chi connectivity index (χ4n) is 2.98. The summed E-state index contributed by atoms with van der Waals surface area (Å²) in [7, 11) is 0. The molecule has 2 unspecified atom stereocenters. The molecule has 1 aliphatic heterocycles. The van der Waals surface area contributed by atoms with Crippen molar-refractivity contribution in [3.8, 4) is 0 Å². The van der Waals surface area contributed by atoms with Crippen LogP contribution in [-0.2, 0) is 0 Å². The molecule has 0 spiro atoms. The summed E-state index contributed by atoms with van der Waals surface area (Å²) in [6, 6.07) is 7.33. The Hall–Kier alpha value is -1.78. The van der Waals surface area contributed by atoms with Gasteiger partial charge in [0, 0.05) is 26.2 Å². The van der Waals surface area contributed by atoms with E-state index in [0.717, 1.165) is 32.6 Å². The van der Waals surface area contributed by atoms with Crippen LogP contribution < -0.4 is 10.6 Å². The molecule has 1 aromatic rings. The molecule has 1 heterocycles. The molecule has 21 heavy (non-hydrogen) atoms. The minimum absolute atomic E-state index is 0.157. The summed E-state index contributed by atoms with van der Waals surface area (Å²) in [5, 5.41) is 0. The lowest BCUT2D eigenvalue weighted by atomic mass is 9.82. The third-order valence-electron chi connectivity index (χ3n) is 4.67. The lowest BCUT2D eigenvalue weighted by Crippen LogP contribution is -2.52. The summed E-state index contributed by atoms with van der Waals surface area (Å²) in [5.41, 5.74) is 6.80. The van der Waals surface area contributed by atoms with E-state index in [1.807, 2.05) is 12.1 Å². The van der Waals surface area contributed by atoms with Gasteiger partial charge in [-0.3, -0.25) is 0 Å². The van der Waals surface area contributed by atoms with Crippen molar-refractivity contribution in [1.82, 2.24) is 4.90 Å². The Bertz CT molecular complexity index is 523. The zero-order valence-electron chi connectivity index (χ0n) is 12.5. The summed E-state index contributed by atoms with van der Waals surface area (Å²) >= 11 is 0. The van der Waals surface area contributed by atoms with E-state index < -0.39 is 0 Å². The highest BCUT2D eigenvalue weighted by molar-refractivity contribution is 5.78. The topological polar surface area (TPSA) is 44.9 Å². The molecule has 1 saturated carbocycles. The lowest BCUT2D eigenvalue weighted by Gasteiger charge is -2.38. The first kappa shape index (κ1) is 14.2. The standard InChI is InChI=1S/C16H23FN4/c1-12-6-7-14(12)19-16(18)21-10-8-20(9-11-21)15-5-3-2-4-13(15)17/h2-5,12,14H,6-11H2,1H3,(H2,18,19). The quantitative estimate of drug-likeness (QED) is 0.670. The van der Waals surface area contributed by atoms with Crippen molar-refractivity contribution >= 4 is 11.6 Å². The van der Waals surface area contributed by atoms with Crippen molar-refractivity contribution in [2.24, 2.45) is 16.6 Å². The van der Waals surface area contributed by atoms with Crippen molar-refractivity contribution in [1.29, 1.82) is 0 Å². The van der Waals surface area contributed by atoms with Gasteiger partial charge in [-0.1, -0.05) is 19.1 Å². The van der Waals surface area contributed by atoms with Crippen LogP contribution in [0.25, 0.3) is 0 Å². The smallest absolute Gasteiger partial charge is 0.191 e. The molecule has 2 fully saturated rings. The second kappa shape index (κ2) is 5.92. The largest absolute Gasteiger partial charge is 0.370 e. The van der Waals surface area contributed by atoms with Gasteiger partial charge in [0.15, 0.2) is 5.96 Å². The maximum Gasteiger partial charge on any atom is 0.191 e. The van der Waals surface area contributed by atoms with Gasteiger partial charge in [0.2, 0.25) is 0 Å². The number of aliphatic imine (C=N–C) groups is 1. The van der Waals surface area contributed by atoms with E-state index in [1.54, 1.807) is 6.07 Å². The van der Waals surface area contributed by atoms with Crippen LogP contribution in [0.15, 0.2) is 29.3 Å². The molecule has 1 aliphatic carbocycles. The van der Waals surface area contributed by atoms with Crippen LogP contribution in [0.3, 0.4) is 0 Å². The molecule has 3 rings (SSSR count). The molecule has 0 aromatic heterocycles. The van der Waals surface area contributed by atoms with Crippen LogP contribution in [0, 0.1) is 11.7 Å². The fourth-order valence-corrected chi connectivity index (χ4v) is 2.98. The van der Waals surface area contributed by atoms with E-state index in [9.17, 15) is 4.39 Å². The molecule has 5 heteroatoms. The maximum absolute atomic E-state index is 13.8. The number of benzene rings is 1. The molecular weight excluding hydrogens is 267 g/mol. The number of anilines is 1. The van der Waals surface area contributed by atoms with Crippen molar-refractivity contribution in [2.45, 2.75) is 25.8 Å². The molecule has 2 aliphatic rings. The van der Waals surface area contributed by atoms with Crippen LogP contribution in [0.5, 0.6) is 0 Å². The van der Waals surface area contributed by atoms with Crippen LogP contribution in [0.4, 0.5) is 10.1 Å². The van der Waals surface area contributed by atoms with Crippen molar-refractivity contribution < 1.29 is 4.39 Å². The second-order valence-corrected chi connectivity index (χ2v) is 6.03. The first-order chi connectivity index (χ1) is 10.1. The second-order valence-electron chi connectivity index (χ2n) is 6.03. The van der Waals surface area contributed by atoms with E-state index in [2.05, 4.69) is 21.7 Å². The molecule has 4 nitrogen and oxygen atoms in total. The van der Waals surface area contributed by atoms with Gasteiger partial charge in [-0.15, -0.1) is 0 Å². The summed E-state index contributed by atoms with van der Waals surface area (Å²) in [6.45, 7) is 5.37. The van der Waals surface area contributed by atoms with Gasteiger partial charge in [-0.2, -0.15) is 0 Å². The average Bonchev–Trinajstić information content (AvgIpc) is 2.51. The molecule has 2 atom stereocenters. The van der Waals surface area contributed by atoms with Crippen molar-refractivity contribution in [2.75, 3.05) is 31.1 Å². The van der Waals surface area contributed by atoms with Gasteiger partial charge in [0.25, 0.3) is 0 Å². The Balaban J connectivity index is 1.59. The molecule has 114 valence electrons. The number of rotatable bonds is 2. The first-order valence-corrected chi connectivity index (χ1v) is 7.73. The third-order valence-corrected chi connectivity index (χ3v) is 4.67. The van der Waals surface area contributed by atoms with Gasteiger partial charge in [0.05, 0.1) is 11.7 Å². The number of para-hydroxylation sites is 1. The Morgan fingerprint density at radius 3 is 2.48 bits per heavy atom. The maximum atomic E-state index is 13.8. The molecule has 2 N–H and O–H groups in total. The zero-order valence-corrected chi connectivity index (χ0v) is 12.5. The van der Waals surface area contributed by atoms with E-state index in [1.165, 1.54) is 12.5 Å².